The maximum atomic E-state index is 11.6. The average molecular weight is 259 g/mol. The molecule has 1 rings (SSSR count). The average Bonchev–Trinajstić information content (AvgIpc) is 2.77. The van der Waals surface area contributed by atoms with Crippen LogP contribution in [0.25, 0.3) is 0 Å². The highest BCUT2D eigenvalue weighted by Crippen LogP contribution is 2.13. The molecule has 3 nitrogen and oxygen atoms in total. The number of aliphatic hydroxyl groups is 1. The smallest absolute Gasteiger partial charge is 0.261 e. The lowest BCUT2D eigenvalue weighted by molar-refractivity contribution is 0.0529. The minimum Gasteiger partial charge on any atom is -0.388 e. The molecule has 0 aliphatic rings. The molecular formula is C11H17NO2S2. The van der Waals surface area contributed by atoms with Gasteiger partial charge in [-0.05, 0) is 36.8 Å². The van der Waals surface area contributed by atoms with Crippen LogP contribution in [0.15, 0.2) is 17.5 Å². The van der Waals surface area contributed by atoms with Gasteiger partial charge in [0.25, 0.3) is 5.91 Å². The Labute approximate surface area is 104 Å². The number of nitrogens with one attached hydrogen (secondary N) is 1. The van der Waals surface area contributed by atoms with Gasteiger partial charge in [0.15, 0.2) is 0 Å². The molecule has 0 saturated heterocycles. The molecule has 5 heteroatoms. The summed E-state index contributed by atoms with van der Waals surface area (Å²) in [5, 5.41) is 14.6. The highest BCUT2D eigenvalue weighted by atomic mass is 32.2. The second kappa shape index (κ2) is 6.27. The molecule has 16 heavy (non-hydrogen) atoms. The van der Waals surface area contributed by atoms with Crippen LogP contribution in [0.4, 0.5) is 0 Å². The Kier molecular flexibility index (Phi) is 5.31. The molecule has 1 amide bonds. The second-order valence-corrected chi connectivity index (χ2v) is 5.83. The van der Waals surface area contributed by atoms with Gasteiger partial charge in [-0.15, -0.1) is 11.3 Å². The molecule has 0 bridgehead atoms. The van der Waals surface area contributed by atoms with E-state index in [1.165, 1.54) is 11.3 Å². The zero-order valence-electron chi connectivity index (χ0n) is 9.53. The van der Waals surface area contributed by atoms with E-state index in [-0.39, 0.29) is 5.91 Å². The number of carbonyl (C=O) groups excluding carboxylic acids is 1. The van der Waals surface area contributed by atoms with E-state index in [1.807, 2.05) is 17.7 Å². The molecule has 2 N–H and O–H groups in total. The van der Waals surface area contributed by atoms with Crippen molar-refractivity contribution in [2.75, 3.05) is 18.6 Å². The molecule has 1 aromatic heterocycles. The van der Waals surface area contributed by atoms with Crippen LogP contribution < -0.4 is 5.32 Å². The van der Waals surface area contributed by atoms with E-state index < -0.39 is 5.60 Å². The number of hydrogen-bond donors (Lipinski definition) is 2. The van der Waals surface area contributed by atoms with Gasteiger partial charge in [-0.3, -0.25) is 4.79 Å². The summed E-state index contributed by atoms with van der Waals surface area (Å²) < 4.78 is 0. The third-order valence-electron chi connectivity index (χ3n) is 2.22. The van der Waals surface area contributed by atoms with Crippen molar-refractivity contribution in [1.29, 1.82) is 0 Å². The van der Waals surface area contributed by atoms with Crippen LogP contribution in [0.3, 0.4) is 0 Å². The SMILES string of the molecule is CSCC[C@](C)(O)CNC(=O)c1cccs1. The Balaban J connectivity index is 2.36. The minimum absolute atomic E-state index is 0.112. The number of thiophene rings is 1. The fourth-order valence-corrected chi connectivity index (χ4v) is 2.46. The number of thioether (sulfide) groups is 1. The highest BCUT2D eigenvalue weighted by molar-refractivity contribution is 7.98. The second-order valence-electron chi connectivity index (χ2n) is 3.90. The zero-order valence-corrected chi connectivity index (χ0v) is 11.2. The van der Waals surface area contributed by atoms with E-state index in [4.69, 9.17) is 0 Å². The Hall–Kier alpha value is -0.520. The number of carbonyl (C=O) groups is 1. The first kappa shape index (κ1) is 13.5. The first-order chi connectivity index (χ1) is 7.55. The molecule has 1 heterocycles. The summed E-state index contributed by atoms with van der Waals surface area (Å²) in [5.41, 5.74) is -0.823. The third kappa shape index (κ3) is 4.55. The molecule has 1 aromatic rings. The highest BCUT2D eigenvalue weighted by Gasteiger charge is 2.21. The van der Waals surface area contributed by atoms with Crippen molar-refractivity contribution >= 4 is 29.0 Å². The molecule has 0 aliphatic carbocycles. The molecule has 1 atom stereocenters. The van der Waals surface area contributed by atoms with E-state index in [9.17, 15) is 9.90 Å². The van der Waals surface area contributed by atoms with Crippen LogP contribution >= 0.6 is 23.1 Å². The number of hydrogen-bond acceptors (Lipinski definition) is 4. The maximum Gasteiger partial charge on any atom is 0.261 e. The van der Waals surface area contributed by atoms with Gasteiger partial charge in [-0.25, -0.2) is 0 Å². The Morgan fingerprint density at radius 2 is 2.44 bits per heavy atom. The zero-order chi connectivity index (χ0) is 12.0. The van der Waals surface area contributed by atoms with E-state index in [0.29, 0.717) is 17.8 Å². The Bertz CT molecular complexity index is 323. The first-order valence-corrected chi connectivity index (χ1v) is 7.35. The quantitative estimate of drug-likeness (QED) is 0.821. The predicted molar refractivity (Wildman–Crippen MR) is 70.3 cm³/mol. The minimum atomic E-state index is -0.823. The van der Waals surface area contributed by atoms with Crippen LogP contribution in [-0.2, 0) is 0 Å². The molecule has 0 radical (unpaired) electrons. The lowest BCUT2D eigenvalue weighted by Crippen LogP contribution is -2.40. The van der Waals surface area contributed by atoms with Crippen molar-refractivity contribution in [1.82, 2.24) is 5.32 Å². The van der Waals surface area contributed by atoms with Gasteiger partial charge in [-0.2, -0.15) is 11.8 Å². The molecule has 0 aromatic carbocycles. The van der Waals surface area contributed by atoms with Crippen molar-refractivity contribution < 1.29 is 9.90 Å². The summed E-state index contributed by atoms with van der Waals surface area (Å²) in [7, 11) is 0. The first-order valence-electron chi connectivity index (χ1n) is 5.08. The van der Waals surface area contributed by atoms with Crippen LogP contribution in [0, 0.1) is 0 Å². The summed E-state index contributed by atoms with van der Waals surface area (Å²) >= 11 is 3.09. The summed E-state index contributed by atoms with van der Waals surface area (Å²) in [4.78, 5) is 12.3. The van der Waals surface area contributed by atoms with Crippen LogP contribution in [-0.4, -0.2) is 35.2 Å². The summed E-state index contributed by atoms with van der Waals surface area (Å²) in [6.07, 6.45) is 2.68. The molecule has 0 aliphatic heterocycles. The van der Waals surface area contributed by atoms with E-state index >= 15 is 0 Å². The lowest BCUT2D eigenvalue weighted by Gasteiger charge is -2.23. The maximum absolute atomic E-state index is 11.6. The van der Waals surface area contributed by atoms with Gasteiger partial charge in [0.2, 0.25) is 0 Å². The Morgan fingerprint density at radius 1 is 1.69 bits per heavy atom. The van der Waals surface area contributed by atoms with Crippen molar-refractivity contribution in [2.24, 2.45) is 0 Å². The fraction of sp³-hybridized carbons (Fsp3) is 0.545. The van der Waals surface area contributed by atoms with E-state index in [2.05, 4.69) is 5.32 Å². The van der Waals surface area contributed by atoms with Crippen molar-refractivity contribution in [3.05, 3.63) is 22.4 Å². The van der Waals surface area contributed by atoms with E-state index in [0.717, 1.165) is 5.75 Å². The van der Waals surface area contributed by atoms with Gasteiger partial charge < -0.3 is 10.4 Å². The van der Waals surface area contributed by atoms with Gasteiger partial charge in [-0.1, -0.05) is 6.07 Å². The van der Waals surface area contributed by atoms with Crippen molar-refractivity contribution in [3.63, 3.8) is 0 Å². The van der Waals surface area contributed by atoms with Gasteiger partial charge in [0.1, 0.15) is 0 Å². The standard InChI is InChI=1S/C11H17NO2S2/c1-11(14,5-7-15-2)8-12-10(13)9-4-3-6-16-9/h3-4,6,14H,5,7-8H2,1-2H3,(H,12,13)/t11-/m0/s1. The van der Waals surface area contributed by atoms with Crippen molar-refractivity contribution in [3.8, 4) is 0 Å². The normalized spacial score (nSPS) is 14.4. The van der Waals surface area contributed by atoms with Crippen LogP contribution in [0.5, 0.6) is 0 Å². The summed E-state index contributed by atoms with van der Waals surface area (Å²) in [5.74, 6) is 0.779. The number of amides is 1. The third-order valence-corrected chi connectivity index (χ3v) is 3.70. The number of rotatable bonds is 6. The van der Waals surface area contributed by atoms with Crippen molar-refractivity contribution in [2.45, 2.75) is 18.9 Å². The molecule has 90 valence electrons. The largest absolute Gasteiger partial charge is 0.388 e. The lowest BCUT2D eigenvalue weighted by atomic mass is 10.0. The van der Waals surface area contributed by atoms with Gasteiger partial charge in [0, 0.05) is 6.54 Å². The monoisotopic (exact) mass is 259 g/mol. The molecule has 0 spiro atoms. The predicted octanol–water partition coefficient (Wildman–Crippen LogP) is 1.98. The van der Waals surface area contributed by atoms with Crippen LogP contribution in [0.2, 0.25) is 0 Å². The molecular weight excluding hydrogens is 242 g/mol. The van der Waals surface area contributed by atoms with Gasteiger partial charge >= 0.3 is 0 Å². The summed E-state index contributed by atoms with van der Waals surface area (Å²) in [6.45, 7) is 2.04. The van der Waals surface area contributed by atoms with Crippen LogP contribution in [0.1, 0.15) is 23.0 Å². The molecule has 0 fully saturated rings. The fourth-order valence-electron chi connectivity index (χ4n) is 1.18. The summed E-state index contributed by atoms with van der Waals surface area (Å²) in [6, 6.07) is 3.61. The van der Waals surface area contributed by atoms with Gasteiger partial charge in [0.05, 0.1) is 10.5 Å². The van der Waals surface area contributed by atoms with E-state index in [1.54, 1.807) is 24.8 Å². The topological polar surface area (TPSA) is 49.3 Å². The molecule has 0 unspecified atom stereocenters. The Morgan fingerprint density at radius 3 is 3.00 bits per heavy atom. The molecule has 0 saturated carbocycles.